The summed E-state index contributed by atoms with van der Waals surface area (Å²) in [4.78, 5) is 20.6. The van der Waals surface area contributed by atoms with Gasteiger partial charge in [-0.2, -0.15) is 0 Å². The van der Waals surface area contributed by atoms with Crippen molar-refractivity contribution in [1.29, 1.82) is 0 Å². The van der Waals surface area contributed by atoms with Gasteiger partial charge in [-0.25, -0.2) is 9.97 Å². The van der Waals surface area contributed by atoms with Crippen molar-refractivity contribution in [3.63, 3.8) is 0 Å². The maximum atomic E-state index is 11.3. The normalized spacial score (nSPS) is 22.1. The van der Waals surface area contributed by atoms with Crippen LogP contribution in [0.1, 0.15) is 26.7 Å². The summed E-state index contributed by atoms with van der Waals surface area (Å²) in [5, 5.41) is 24.3. The van der Waals surface area contributed by atoms with Crippen LogP contribution in [0.5, 0.6) is 0 Å². The minimum absolute atomic E-state index is 0.126. The van der Waals surface area contributed by atoms with Crippen LogP contribution in [0.15, 0.2) is 6.33 Å². The standard InChI is InChI=1S/C12H19N5O3/c1-3-5-13-10-9(17(19)20)11(15-8-14-10)16-6-4-12(2,18)7-16/h8,18H,3-7H2,1-2H3,(H,13,14,15). The third-order valence-corrected chi connectivity index (χ3v) is 3.28. The molecule has 1 unspecified atom stereocenters. The Bertz CT molecular complexity index is 506. The molecule has 1 aliphatic rings. The molecule has 0 amide bonds. The molecule has 1 atom stereocenters. The average molecular weight is 281 g/mol. The molecule has 1 saturated heterocycles. The van der Waals surface area contributed by atoms with Crippen molar-refractivity contribution in [2.45, 2.75) is 32.3 Å². The Balaban J connectivity index is 2.35. The van der Waals surface area contributed by atoms with Gasteiger partial charge in [0, 0.05) is 19.6 Å². The van der Waals surface area contributed by atoms with Gasteiger partial charge in [0.25, 0.3) is 0 Å². The lowest BCUT2D eigenvalue weighted by molar-refractivity contribution is -0.383. The second-order valence-corrected chi connectivity index (χ2v) is 5.25. The number of aromatic nitrogens is 2. The average Bonchev–Trinajstić information content (AvgIpc) is 2.76. The first-order valence-electron chi connectivity index (χ1n) is 6.65. The van der Waals surface area contributed by atoms with Crippen molar-refractivity contribution in [2.75, 3.05) is 29.9 Å². The summed E-state index contributed by atoms with van der Waals surface area (Å²) in [7, 11) is 0. The van der Waals surface area contributed by atoms with Crippen LogP contribution < -0.4 is 10.2 Å². The predicted octanol–water partition coefficient (Wildman–Crippen LogP) is 1.17. The third kappa shape index (κ3) is 2.96. The Morgan fingerprint density at radius 3 is 2.90 bits per heavy atom. The number of β-amino-alcohol motifs (C(OH)–C–C–N with tert-alkyl or cyclic N) is 1. The SMILES string of the molecule is CCCNc1ncnc(N2CCC(C)(O)C2)c1[N+](=O)[O-]. The number of rotatable bonds is 5. The number of nitro groups is 1. The van der Waals surface area contributed by atoms with Gasteiger partial charge < -0.3 is 15.3 Å². The lowest BCUT2D eigenvalue weighted by Gasteiger charge is -2.20. The third-order valence-electron chi connectivity index (χ3n) is 3.28. The van der Waals surface area contributed by atoms with Crippen LogP contribution in [0.4, 0.5) is 17.3 Å². The van der Waals surface area contributed by atoms with E-state index < -0.39 is 10.5 Å². The van der Waals surface area contributed by atoms with E-state index in [1.807, 2.05) is 6.92 Å². The smallest absolute Gasteiger partial charge is 0.353 e. The van der Waals surface area contributed by atoms with E-state index in [0.29, 0.717) is 26.1 Å². The first-order chi connectivity index (χ1) is 9.44. The Kier molecular flexibility index (Phi) is 4.03. The molecule has 2 N–H and O–H groups in total. The minimum Gasteiger partial charge on any atom is -0.388 e. The first kappa shape index (κ1) is 14.4. The Morgan fingerprint density at radius 2 is 2.35 bits per heavy atom. The van der Waals surface area contributed by atoms with Crippen LogP contribution in [-0.2, 0) is 0 Å². The molecule has 110 valence electrons. The number of nitrogens with zero attached hydrogens (tertiary/aromatic N) is 4. The fourth-order valence-corrected chi connectivity index (χ4v) is 2.27. The van der Waals surface area contributed by atoms with E-state index in [4.69, 9.17) is 0 Å². The molecule has 1 aromatic rings. The zero-order chi connectivity index (χ0) is 14.8. The highest BCUT2D eigenvalue weighted by Gasteiger charge is 2.36. The molecular formula is C12H19N5O3. The molecule has 1 fully saturated rings. The van der Waals surface area contributed by atoms with Crippen LogP contribution in [-0.4, -0.2) is 45.2 Å². The molecule has 0 radical (unpaired) electrons. The van der Waals surface area contributed by atoms with Crippen molar-refractivity contribution in [2.24, 2.45) is 0 Å². The zero-order valence-corrected chi connectivity index (χ0v) is 11.7. The Labute approximate surface area is 117 Å². The van der Waals surface area contributed by atoms with E-state index in [2.05, 4.69) is 15.3 Å². The largest absolute Gasteiger partial charge is 0.388 e. The number of anilines is 2. The molecule has 0 aliphatic carbocycles. The highest BCUT2D eigenvalue weighted by Crippen LogP contribution is 2.35. The molecule has 0 saturated carbocycles. The Hall–Kier alpha value is -1.96. The lowest BCUT2D eigenvalue weighted by atomic mass is 10.1. The van der Waals surface area contributed by atoms with Crippen molar-refractivity contribution >= 4 is 17.3 Å². The number of aliphatic hydroxyl groups is 1. The fraction of sp³-hybridized carbons (Fsp3) is 0.667. The molecule has 20 heavy (non-hydrogen) atoms. The number of hydrogen-bond acceptors (Lipinski definition) is 7. The summed E-state index contributed by atoms with van der Waals surface area (Å²) >= 11 is 0. The van der Waals surface area contributed by atoms with Crippen LogP contribution in [0.2, 0.25) is 0 Å². The second-order valence-electron chi connectivity index (χ2n) is 5.25. The van der Waals surface area contributed by atoms with Gasteiger partial charge in [-0.05, 0) is 19.8 Å². The van der Waals surface area contributed by atoms with Crippen molar-refractivity contribution < 1.29 is 10.0 Å². The van der Waals surface area contributed by atoms with E-state index in [0.717, 1.165) is 6.42 Å². The monoisotopic (exact) mass is 281 g/mol. The highest BCUT2D eigenvalue weighted by atomic mass is 16.6. The maximum absolute atomic E-state index is 11.3. The maximum Gasteiger partial charge on any atom is 0.353 e. The summed E-state index contributed by atoms with van der Waals surface area (Å²) < 4.78 is 0. The van der Waals surface area contributed by atoms with E-state index in [1.165, 1.54) is 6.33 Å². The van der Waals surface area contributed by atoms with Crippen LogP contribution in [0.25, 0.3) is 0 Å². The second kappa shape index (κ2) is 5.58. The topological polar surface area (TPSA) is 104 Å². The molecule has 8 nitrogen and oxygen atoms in total. The van der Waals surface area contributed by atoms with Gasteiger partial charge in [0.2, 0.25) is 11.6 Å². The van der Waals surface area contributed by atoms with Crippen molar-refractivity contribution in [3.8, 4) is 0 Å². The quantitative estimate of drug-likeness (QED) is 0.616. The number of hydrogen-bond donors (Lipinski definition) is 2. The van der Waals surface area contributed by atoms with Crippen molar-refractivity contribution in [3.05, 3.63) is 16.4 Å². The van der Waals surface area contributed by atoms with E-state index >= 15 is 0 Å². The predicted molar refractivity (Wildman–Crippen MR) is 74.9 cm³/mol. The molecule has 2 rings (SSSR count). The van der Waals surface area contributed by atoms with Gasteiger partial charge in [0.05, 0.1) is 10.5 Å². The molecular weight excluding hydrogens is 262 g/mol. The van der Waals surface area contributed by atoms with Crippen LogP contribution in [0.3, 0.4) is 0 Å². The van der Waals surface area contributed by atoms with E-state index in [1.54, 1.807) is 11.8 Å². The van der Waals surface area contributed by atoms with E-state index in [9.17, 15) is 15.2 Å². The Morgan fingerprint density at radius 1 is 1.60 bits per heavy atom. The molecule has 8 heteroatoms. The van der Waals surface area contributed by atoms with Gasteiger partial charge in [0.15, 0.2) is 0 Å². The number of nitrogens with one attached hydrogen (secondary N) is 1. The molecule has 0 spiro atoms. The lowest BCUT2D eigenvalue weighted by Crippen LogP contribution is -2.30. The molecule has 0 bridgehead atoms. The van der Waals surface area contributed by atoms with Gasteiger partial charge in [0.1, 0.15) is 6.33 Å². The zero-order valence-electron chi connectivity index (χ0n) is 11.7. The molecule has 1 aliphatic heterocycles. The van der Waals surface area contributed by atoms with Gasteiger partial charge >= 0.3 is 5.69 Å². The van der Waals surface area contributed by atoms with Gasteiger partial charge in [-0.3, -0.25) is 10.1 Å². The summed E-state index contributed by atoms with van der Waals surface area (Å²) in [6, 6.07) is 0. The highest BCUT2D eigenvalue weighted by molar-refractivity contribution is 5.70. The molecule has 0 aromatic carbocycles. The molecule has 1 aromatic heterocycles. The summed E-state index contributed by atoms with van der Waals surface area (Å²) in [6.07, 6.45) is 2.72. The first-order valence-corrected chi connectivity index (χ1v) is 6.65. The van der Waals surface area contributed by atoms with Gasteiger partial charge in [-0.1, -0.05) is 6.92 Å². The van der Waals surface area contributed by atoms with E-state index in [-0.39, 0.29) is 17.3 Å². The summed E-state index contributed by atoms with van der Waals surface area (Å²) in [5.41, 5.74) is -0.964. The fourth-order valence-electron chi connectivity index (χ4n) is 2.27. The summed E-state index contributed by atoms with van der Waals surface area (Å²) in [6.45, 7) is 5.17. The minimum atomic E-state index is -0.837. The van der Waals surface area contributed by atoms with Crippen LogP contribution in [0, 0.1) is 10.1 Å². The van der Waals surface area contributed by atoms with Crippen molar-refractivity contribution in [1.82, 2.24) is 9.97 Å². The molecule has 2 heterocycles. The van der Waals surface area contributed by atoms with Crippen LogP contribution >= 0.6 is 0 Å². The summed E-state index contributed by atoms with van der Waals surface area (Å²) in [5.74, 6) is 0.495. The van der Waals surface area contributed by atoms with Gasteiger partial charge in [-0.15, -0.1) is 0 Å².